The summed E-state index contributed by atoms with van der Waals surface area (Å²) >= 11 is 1.34. The number of ether oxygens (including phenoxy) is 1. The van der Waals surface area contributed by atoms with Gasteiger partial charge in [-0.3, -0.25) is 14.5 Å². The van der Waals surface area contributed by atoms with Crippen molar-refractivity contribution in [1.29, 1.82) is 0 Å². The third kappa shape index (κ3) is 7.69. The second-order valence-electron chi connectivity index (χ2n) is 9.16. The van der Waals surface area contributed by atoms with Crippen molar-refractivity contribution in [2.24, 2.45) is 0 Å². The van der Waals surface area contributed by atoms with Crippen molar-refractivity contribution >= 4 is 34.6 Å². The maximum absolute atomic E-state index is 13.8. The van der Waals surface area contributed by atoms with Crippen LogP contribution >= 0.6 is 11.3 Å². The summed E-state index contributed by atoms with van der Waals surface area (Å²) < 4.78 is 38.6. The van der Waals surface area contributed by atoms with Crippen LogP contribution in [0.2, 0.25) is 0 Å². The van der Waals surface area contributed by atoms with E-state index >= 15 is 0 Å². The van der Waals surface area contributed by atoms with Gasteiger partial charge in [-0.25, -0.2) is 13.8 Å². The second kappa shape index (κ2) is 13.4. The number of hydrogen-bond donors (Lipinski definition) is 1. The van der Waals surface area contributed by atoms with Gasteiger partial charge in [-0.1, -0.05) is 12.1 Å². The number of benzene rings is 2. The number of likely N-dealkylation sites (tertiary alicyclic amines) is 1. The lowest BCUT2D eigenvalue weighted by Crippen LogP contribution is -2.34. The van der Waals surface area contributed by atoms with E-state index in [1.807, 2.05) is 11.9 Å². The van der Waals surface area contributed by atoms with Crippen LogP contribution in [0.15, 0.2) is 52.5 Å². The van der Waals surface area contributed by atoms with Crippen LogP contribution in [0.5, 0.6) is 5.75 Å². The average Bonchev–Trinajstić information content (AvgIpc) is 3.71. The molecule has 0 saturated carbocycles. The van der Waals surface area contributed by atoms with E-state index in [9.17, 15) is 18.4 Å². The third-order valence-corrected chi connectivity index (χ3v) is 7.09. The van der Waals surface area contributed by atoms with E-state index in [-0.39, 0.29) is 18.5 Å². The summed E-state index contributed by atoms with van der Waals surface area (Å²) in [5.74, 6) is -2.00. The van der Waals surface area contributed by atoms with Gasteiger partial charge in [-0.05, 0) is 62.8 Å². The number of likely N-dealkylation sites (N-methyl/N-ethyl adjacent to an activating group) is 1. The molecule has 1 fully saturated rings. The SMILES string of the molecule is CN(CCN1CCCC1)CC(=O)O.O=Cc1csc(COc2ccc(-c3cc(F)c(F)c4ccoc34)cc2)n1. The van der Waals surface area contributed by atoms with Crippen LogP contribution in [0.25, 0.3) is 22.1 Å². The molecule has 1 saturated heterocycles. The Labute approximate surface area is 228 Å². The Bertz CT molecular complexity index is 1400. The minimum atomic E-state index is -0.927. The normalized spacial score (nSPS) is 13.4. The number of thiazole rings is 1. The highest BCUT2D eigenvalue weighted by Crippen LogP contribution is 2.33. The summed E-state index contributed by atoms with van der Waals surface area (Å²) in [4.78, 5) is 29.3. The molecule has 1 aliphatic heterocycles. The number of nitrogens with zero attached hydrogens (tertiary/aromatic N) is 3. The molecule has 0 radical (unpaired) electrons. The van der Waals surface area contributed by atoms with Crippen molar-refractivity contribution in [2.75, 3.05) is 39.8 Å². The molecule has 1 aliphatic rings. The number of carbonyl (C=O) groups is 2. The van der Waals surface area contributed by atoms with E-state index in [0.717, 1.165) is 19.2 Å². The van der Waals surface area contributed by atoms with E-state index in [0.29, 0.717) is 39.4 Å². The van der Waals surface area contributed by atoms with Gasteiger partial charge in [0.15, 0.2) is 17.9 Å². The number of carboxylic acid groups (broad SMARTS) is 1. The summed E-state index contributed by atoms with van der Waals surface area (Å²) in [5, 5.41) is 11.0. The van der Waals surface area contributed by atoms with Gasteiger partial charge >= 0.3 is 5.97 Å². The Morgan fingerprint density at radius 1 is 1.23 bits per heavy atom. The van der Waals surface area contributed by atoms with Gasteiger partial charge in [0, 0.05) is 24.0 Å². The van der Waals surface area contributed by atoms with Crippen molar-refractivity contribution in [3.63, 3.8) is 0 Å². The summed E-state index contributed by atoms with van der Waals surface area (Å²) in [5.41, 5.74) is 1.81. The average molecular weight is 558 g/mol. The van der Waals surface area contributed by atoms with Gasteiger partial charge < -0.3 is 19.2 Å². The van der Waals surface area contributed by atoms with E-state index in [4.69, 9.17) is 14.3 Å². The molecular formula is C28H29F2N3O5S. The number of aldehydes is 1. The third-order valence-electron chi connectivity index (χ3n) is 6.25. The van der Waals surface area contributed by atoms with Crippen molar-refractivity contribution in [3.8, 4) is 16.9 Å². The molecule has 11 heteroatoms. The van der Waals surface area contributed by atoms with Crippen LogP contribution in [-0.2, 0) is 11.4 Å². The maximum atomic E-state index is 13.8. The van der Waals surface area contributed by atoms with Crippen molar-refractivity contribution < 1.29 is 32.6 Å². The van der Waals surface area contributed by atoms with Gasteiger partial charge in [0.2, 0.25) is 0 Å². The zero-order chi connectivity index (χ0) is 27.8. The summed E-state index contributed by atoms with van der Waals surface area (Å²) in [6.45, 7) is 4.61. The molecule has 8 nitrogen and oxygen atoms in total. The molecule has 3 heterocycles. The van der Waals surface area contributed by atoms with Crippen LogP contribution in [-0.4, -0.2) is 71.9 Å². The molecule has 206 valence electrons. The Hall–Kier alpha value is -3.67. The molecule has 2 aromatic heterocycles. The summed E-state index contributed by atoms with van der Waals surface area (Å²) in [6, 6.07) is 9.44. The number of furan rings is 1. The number of hydrogen-bond acceptors (Lipinski definition) is 8. The van der Waals surface area contributed by atoms with Gasteiger partial charge in [0.25, 0.3) is 0 Å². The number of carbonyl (C=O) groups excluding carboxylic acids is 1. The standard InChI is InChI=1S/C19H11F2NO3S.C9H18N2O2/c20-16-7-15(19-14(18(16)21)5-6-24-19)11-1-3-13(4-2-11)25-9-17-22-12(8-23)10-26-17;1-10(8-9(12)13)6-7-11-4-2-3-5-11/h1-8,10H,9H2;2-8H2,1H3,(H,12,13). The predicted octanol–water partition coefficient (Wildman–Crippen LogP) is 5.32. The number of aromatic nitrogens is 1. The molecular weight excluding hydrogens is 528 g/mol. The molecule has 0 unspecified atom stereocenters. The predicted molar refractivity (Wildman–Crippen MR) is 144 cm³/mol. The Morgan fingerprint density at radius 3 is 2.64 bits per heavy atom. The molecule has 0 atom stereocenters. The number of fused-ring (bicyclic) bond motifs is 1. The first-order valence-corrected chi connectivity index (χ1v) is 13.3. The lowest BCUT2D eigenvalue weighted by atomic mass is 10.0. The fraction of sp³-hybridized carbons (Fsp3) is 0.321. The quantitative estimate of drug-likeness (QED) is 0.262. The Kier molecular flexibility index (Phi) is 9.74. The minimum absolute atomic E-state index is 0.107. The first-order chi connectivity index (χ1) is 18.8. The second-order valence-corrected chi connectivity index (χ2v) is 10.1. The Balaban J connectivity index is 0.000000229. The van der Waals surface area contributed by atoms with Crippen molar-refractivity contribution in [3.05, 3.63) is 70.4 Å². The molecule has 1 N–H and O–H groups in total. The van der Waals surface area contributed by atoms with Crippen LogP contribution in [0, 0.1) is 11.6 Å². The van der Waals surface area contributed by atoms with E-state index in [1.54, 1.807) is 29.6 Å². The lowest BCUT2D eigenvalue weighted by molar-refractivity contribution is -0.138. The molecule has 0 bridgehead atoms. The van der Waals surface area contributed by atoms with E-state index in [2.05, 4.69) is 9.88 Å². The van der Waals surface area contributed by atoms with E-state index in [1.165, 1.54) is 49.6 Å². The highest BCUT2D eigenvalue weighted by Gasteiger charge is 2.16. The van der Waals surface area contributed by atoms with Crippen LogP contribution in [0.1, 0.15) is 28.3 Å². The smallest absolute Gasteiger partial charge is 0.317 e. The Morgan fingerprint density at radius 2 is 1.97 bits per heavy atom. The summed E-state index contributed by atoms with van der Waals surface area (Å²) in [6.07, 6.45) is 4.60. The number of aliphatic carboxylic acids is 1. The molecule has 5 rings (SSSR count). The zero-order valence-electron chi connectivity index (χ0n) is 21.4. The molecule has 0 amide bonds. The fourth-order valence-electron chi connectivity index (χ4n) is 4.24. The van der Waals surface area contributed by atoms with Gasteiger partial charge in [-0.2, -0.15) is 0 Å². The minimum Gasteiger partial charge on any atom is -0.486 e. The monoisotopic (exact) mass is 557 g/mol. The molecule has 4 aromatic rings. The number of carboxylic acids is 1. The van der Waals surface area contributed by atoms with Crippen LogP contribution < -0.4 is 4.74 Å². The van der Waals surface area contributed by atoms with E-state index < -0.39 is 17.6 Å². The molecule has 0 aliphatic carbocycles. The first kappa shape index (κ1) is 28.3. The fourth-order valence-corrected chi connectivity index (χ4v) is 4.89. The lowest BCUT2D eigenvalue weighted by Gasteiger charge is -2.19. The first-order valence-electron chi connectivity index (χ1n) is 12.4. The topological polar surface area (TPSA) is 96.1 Å². The number of rotatable bonds is 10. The van der Waals surface area contributed by atoms with Gasteiger partial charge in [-0.15, -0.1) is 11.3 Å². The molecule has 2 aromatic carbocycles. The maximum Gasteiger partial charge on any atom is 0.317 e. The van der Waals surface area contributed by atoms with Crippen molar-refractivity contribution in [2.45, 2.75) is 19.4 Å². The highest BCUT2D eigenvalue weighted by atomic mass is 32.1. The van der Waals surface area contributed by atoms with Gasteiger partial charge in [0.1, 0.15) is 28.6 Å². The molecule has 0 spiro atoms. The van der Waals surface area contributed by atoms with Crippen molar-refractivity contribution in [1.82, 2.24) is 14.8 Å². The number of halogens is 2. The zero-order valence-corrected chi connectivity index (χ0v) is 22.3. The molecule has 39 heavy (non-hydrogen) atoms. The summed E-state index contributed by atoms with van der Waals surface area (Å²) in [7, 11) is 1.85. The van der Waals surface area contributed by atoms with Gasteiger partial charge in [0.05, 0.1) is 18.2 Å². The highest BCUT2D eigenvalue weighted by molar-refractivity contribution is 7.09. The van der Waals surface area contributed by atoms with Crippen LogP contribution in [0.3, 0.4) is 0 Å². The van der Waals surface area contributed by atoms with Crippen LogP contribution in [0.4, 0.5) is 8.78 Å². The largest absolute Gasteiger partial charge is 0.486 e.